The van der Waals surface area contributed by atoms with Gasteiger partial charge in [-0.3, -0.25) is 0 Å². The Morgan fingerprint density at radius 1 is 1.32 bits per heavy atom. The van der Waals surface area contributed by atoms with Crippen LogP contribution in [0, 0.1) is 0 Å². The summed E-state index contributed by atoms with van der Waals surface area (Å²) in [4.78, 5) is 5.75. The van der Waals surface area contributed by atoms with Gasteiger partial charge in [0.2, 0.25) is 0 Å². The van der Waals surface area contributed by atoms with Gasteiger partial charge in [-0.2, -0.15) is 0 Å². The fourth-order valence-electron chi connectivity index (χ4n) is 2.82. The summed E-state index contributed by atoms with van der Waals surface area (Å²) in [6.07, 6.45) is 6.06. The molecule has 1 heterocycles. The molecule has 6 heteroatoms. The number of halogens is 1. The molecule has 1 rings (SSSR count). The lowest BCUT2D eigenvalue weighted by molar-refractivity contribution is -0.0776. The molecule has 0 amide bonds. The molecule has 0 saturated carbocycles. The van der Waals surface area contributed by atoms with Crippen LogP contribution in [0.25, 0.3) is 0 Å². The average molecular weight is 310 g/mol. The highest BCUT2D eigenvalue weighted by Crippen LogP contribution is 2.24. The van der Waals surface area contributed by atoms with Crippen molar-refractivity contribution in [3.8, 4) is 0 Å². The molecule has 19 heavy (non-hydrogen) atoms. The maximum Gasteiger partial charge on any atom is 0.146 e. The van der Waals surface area contributed by atoms with Crippen molar-refractivity contribution in [3.63, 3.8) is 0 Å². The maximum atomic E-state index is 5.84. The first kappa shape index (κ1) is 17.4. The number of methoxy groups -OCH3 is 1. The second kappa shape index (κ2) is 11.1. The van der Waals surface area contributed by atoms with Gasteiger partial charge in [-0.25, -0.2) is 5.48 Å². The zero-order valence-corrected chi connectivity index (χ0v) is 14.1. The summed E-state index contributed by atoms with van der Waals surface area (Å²) in [5.41, 5.74) is 3.33. The van der Waals surface area contributed by atoms with E-state index in [1.54, 1.807) is 7.11 Å². The fourth-order valence-corrected chi connectivity index (χ4v) is 6.83. The van der Waals surface area contributed by atoms with Crippen LogP contribution < -0.4 is 5.48 Å². The van der Waals surface area contributed by atoms with E-state index in [1.807, 2.05) is 7.05 Å². The van der Waals surface area contributed by atoms with Gasteiger partial charge in [0.15, 0.2) is 0 Å². The van der Waals surface area contributed by atoms with Gasteiger partial charge in [-0.1, -0.05) is 12.1 Å². The SMILES string of the molecule is CNOC1CCCC(OCOC)CC[SiH]1CCCCl. The van der Waals surface area contributed by atoms with Crippen LogP contribution in [0.15, 0.2) is 0 Å². The summed E-state index contributed by atoms with van der Waals surface area (Å²) in [5, 5.41) is 0. The third-order valence-corrected chi connectivity index (χ3v) is 7.81. The van der Waals surface area contributed by atoms with Crippen molar-refractivity contribution in [1.29, 1.82) is 0 Å². The Morgan fingerprint density at radius 3 is 2.84 bits per heavy atom. The van der Waals surface area contributed by atoms with Gasteiger partial charge < -0.3 is 14.3 Å². The van der Waals surface area contributed by atoms with Gasteiger partial charge in [0.1, 0.15) is 6.79 Å². The number of hydrogen-bond donors (Lipinski definition) is 1. The van der Waals surface area contributed by atoms with Gasteiger partial charge in [-0.05, 0) is 32.1 Å². The van der Waals surface area contributed by atoms with Crippen LogP contribution in [0.4, 0.5) is 0 Å². The second-order valence-corrected chi connectivity index (χ2v) is 8.95. The zero-order valence-electron chi connectivity index (χ0n) is 12.2. The molecule has 1 N–H and O–H groups in total. The molecule has 0 aliphatic carbocycles. The van der Waals surface area contributed by atoms with Crippen LogP contribution in [0.2, 0.25) is 12.1 Å². The van der Waals surface area contributed by atoms with E-state index < -0.39 is 8.80 Å². The Bertz CT molecular complexity index is 224. The Hall–Kier alpha value is 0.347. The molecule has 4 nitrogen and oxygen atoms in total. The van der Waals surface area contributed by atoms with E-state index in [2.05, 4.69) is 5.48 Å². The second-order valence-electron chi connectivity index (χ2n) is 5.16. The summed E-state index contributed by atoms with van der Waals surface area (Å²) in [6.45, 7) is 0.412. The standard InChI is InChI=1S/C13H28ClNO3Si/c1-15-18-13-6-3-5-12(17-11-16-2)7-10-19(13)9-4-8-14/h12-13,15,19H,3-11H2,1-2H3. The van der Waals surface area contributed by atoms with Crippen molar-refractivity contribution in [2.45, 2.75) is 56.0 Å². The lowest BCUT2D eigenvalue weighted by Gasteiger charge is -2.30. The van der Waals surface area contributed by atoms with Crippen molar-refractivity contribution in [2.24, 2.45) is 0 Å². The summed E-state index contributed by atoms with van der Waals surface area (Å²) >= 11 is 5.84. The minimum Gasteiger partial charge on any atom is -0.359 e. The monoisotopic (exact) mass is 309 g/mol. The zero-order chi connectivity index (χ0) is 13.9. The Balaban J connectivity index is 2.45. The van der Waals surface area contributed by atoms with Crippen LogP contribution in [0.3, 0.4) is 0 Å². The molecule has 0 aromatic heterocycles. The smallest absolute Gasteiger partial charge is 0.146 e. The minimum absolute atomic E-state index is 0.362. The molecule has 1 saturated heterocycles. The molecule has 114 valence electrons. The first-order valence-corrected chi connectivity index (χ1v) is 10.1. The van der Waals surface area contributed by atoms with E-state index in [9.17, 15) is 0 Å². The number of hydroxylamine groups is 1. The van der Waals surface area contributed by atoms with Crippen LogP contribution in [0.5, 0.6) is 0 Å². The van der Waals surface area contributed by atoms with Crippen LogP contribution in [-0.4, -0.2) is 47.5 Å². The van der Waals surface area contributed by atoms with E-state index in [1.165, 1.54) is 18.5 Å². The number of rotatable bonds is 8. The lowest BCUT2D eigenvalue weighted by Crippen LogP contribution is -2.39. The predicted octanol–water partition coefficient (Wildman–Crippen LogP) is 2.46. The molecule has 3 unspecified atom stereocenters. The molecular formula is C13H28ClNO3Si. The summed E-state index contributed by atoms with van der Waals surface area (Å²) in [5.74, 6) is 0.763. The highest BCUT2D eigenvalue weighted by atomic mass is 35.5. The largest absolute Gasteiger partial charge is 0.359 e. The molecule has 0 radical (unpaired) electrons. The fraction of sp³-hybridized carbons (Fsp3) is 1.00. The van der Waals surface area contributed by atoms with Crippen molar-refractivity contribution >= 4 is 20.4 Å². The third-order valence-electron chi connectivity index (χ3n) is 3.80. The Labute approximate surface area is 123 Å². The van der Waals surface area contributed by atoms with Crippen LogP contribution in [0.1, 0.15) is 32.1 Å². The molecular weight excluding hydrogens is 282 g/mol. The Kier molecular flexibility index (Phi) is 10.1. The predicted molar refractivity (Wildman–Crippen MR) is 81.2 cm³/mol. The summed E-state index contributed by atoms with van der Waals surface area (Å²) in [7, 11) is 2.62. The Morgan fingerprint density at radius 2 is 2.16 bits per heavy atom. The maximum absolute atomic E-state index is 5.84. The first-order valence-electron chi connectivity index (χ1n) is 7.30. The molecule has 1 aliphatic heterocycles. The number of alkyl halides is 1. The van der Waals surface area contributed by atoms with E-state index >= 15 is 0 Å². The van der Waals surface area contributed by atoms with Crippen LogP contribution >= 0.6 is 11.6 Å². The molecule has 0 spiro atoms. The van der Waals surface area contributed by atoms with Crippen molar-refractivity contribution in [1.82, 2.24) is 5.48 Å². The van der Waals surface area contributed by atoms with E-state index in [-0.39, 0.29) is 0 Å². The van der Waals surface area contributed by atoms with Crippen molar-refractivity contribution in [3.05, 3.63) is 0 Å². The highest BCUT2D eigenvalue weighted by molar-refractivity contribution is 6.60. The van der Waals surface area contributed by atoms with Gasteiger partial charge in [0.05, 0.1) is 20.6 Å². The lowest BCUT2D eigenvalue weighted by atomic mass is 10.1. The van der Waals surface area contributed by atoms with E-state index in [4.69, 9.17) is 25.9 Å². The quantitative estimate of drug-likeness (QED) is 0.324. The summed E-state index contributed by atoms with van der Waals surface area (Å²) < 4.78 is 10.7. The van der Waals surface area contributed by atoms with Gasteiger partial charge in [0, 0.05) is 20.0 Å². The highest BCUT2D eigenvalue weighted by Gasteiger charge is 2.27. The van der Waals surface area contributed by atoms with Crippen molar-refractivity contribution < 1.29 is 14.3 Å². The van der Waals surface area contributed by atoms with E-state index in [0.717, 1.165) is 31.6 Å². The minimum atomic E-state index is -0.913. The number of nitrogens with one attached hydrogen (secondary N) is 1. The van der Waals surface area contributed by atoms with Gasteiger partial charge >= 0.3 is 0 Å². The molecule has 0 aromatic carbocycles. The van der Waals surface area contributed by atoms with Gasteiger partial charge in [-0.15, -0.1) is 11.6 Å². The first-order chi connectivity index (χ1) is 9.31. The normalized spacial score (nSPS) is 28.9. The average Bonchev–Trinajstić information content (AvgIpc) is 2.40. The summed E-state index contributed by atoms with van der Waals surface area (Å²) in [6, 6.07) is 2.55. The van der Waals surface area contributed by atoms with Crippen molar-refractivity contribution in [2.75, 3.05) is 26.8 Å². The number of hydrogen-bond acceptors (Lipinski definition) is 4. The van der Waals surface area contributed by atoms with Gasteiger partial charge in [0.25, 0.3) is 0 Å². The van der Waals surface area contributed by atoms with E-state index in [0.29, 0.717) is 18.6 Å². The molecule has 0 aromatic rings. The molecule has 1 aliphatic rings. The molecule has 3 atom stereocenters. The van der Waals surface area contributed by atoms with Crippen LogP contribution in [-0.2, 0) is 14.3 Å². The number of ether oxygens (including phenoxy) is 2. The third kappa shape index (κ3) is 7.06. The molecule has 0 bridgehead atoms. The molecule has 1 fully saturated rings. The topological polar surface area (TPSA) is 39.7 Å².